The zero-order valence-electron chi connectivity index (χ0n) is 14.3. The lowest BCUT2D eigenvalue weighted by molar-refractivity contribution is -0.121. The van der Waals surface area contributed by atoms with Crippen molar-refractivity contribution in [2.45, 2.75) is 12.8 Å². The number of ether oxygens (including phenoxy) is 2. The Bertz CT molecular complexity index is 697. The van der Waals surface area contributed by atoms with Gasteiger partial charge >= 0.3 is 0 Å². The van der Waals surface area contributed by atoms with E-state index in [0.29, 0.717) is 37.4 Å². The first-order chi connectivity index (χ1) is 12.1. The summed E-state index contributed by atoms with van der Waals surface area (Å²) in [4.78, 5) is 23.5. The van der Waals surface area contributed by atoms with Crippen molar-refractivity contribution < 1.29 is 23.5 Å². The second-order valence-corrected chi connectivity index (χ2v) is 5.27. The van der Waals surface area contributed by atoms with Crippen LogP contribution in [0.25, 0.3) is 0 Å². The SMILES string of the molecule is COc1ccc(CCC(=O)NCCNC(=O)c2ccco2)cc1OC. The molecule has 0 fully saturated rings. The molecule has 0 aliphatic rings. The molecule has 0 aliphatic carbocycles. The number of carbonyl (C=O) groups excluding carboxylic acids is 2. The van der Waals surface area contributed by atoms with Crippen LogP contribution in [0.1, 0.15) is 22.5 Å². The Balaban J connectivity index is 1.68. The maximum atomic E-state index is 11.9. The minimum Gasteiger partial charge on any atom is -0.493 e. The summed E-state index contributed by atoms with van der Waals surface area (Å²) in [5.41, 5.74) is 0.985. The molecule has 1 aromatic heterocycles. The van der Waals surface area contributed by atoms with Gasteiger partial charge in [0.05, 0.1) is 20.5 Å². The van der Waals surface area contributed by atoms with E-state index < -0.39 is 0 Å². The zero-order valence-corrected chi connectivity index (χ0v) is 14.3. The number of hydrogen-bond donors (Lipinski definition) is 2. The van der Waals surface area contributed by atoms with Crippen LogP contribution in [0.5, 0.6) is 11.5 Å². The molecular formula is C18H22N2O5. The van der Waals surface area contributed by atoms with Gasteiger partial charge in [-0.1, -0.05) is 6.07 Å². The number of amides is 2. The highest BCUT2D eigenvalue weighted by molar-refractivity contribution is 5.91. The first-order valence-corrected chi connectivity index (χ1v) is 7.93. The summed E-state index contributed by atoms with van der Waals surface area (Å²) < 4.78 is 15.4. The number of benzene rings is 1. The quantitative estimate of drug-likeness (QED) is 0.676. The van der Waals surface area contributed by atoms with Crippen molar-refractivity contribution in [1.29, 1.82) is 0 Å². The van der Waals surface area contributed by atoms with E-state index >= 15 is 0 Å². The summed E-state index contributed by atoms with van der Waals surface area (Å²) in [5, 5.41) is 5.43. The maximum absolute atomic E-state index is 11.9. The van der Waals surface area contributed by atoms with Gasteiger partial charge in [-0.15, -0.1) is 0 Å². The lowest BCUT2D eigenvalue weighted by atomic mass is 10.1. The number of nitrogens with one attached hydrogen (secondary N) is 2. The van der Waals surface area contributed by atoms with E-state index in [1.807, 2.05) is 18.2 Å². The zero-order chi connectivity index (χ0) is 18.1. The molecule has 1 heterocycles. The molecule has 2 rings (SSSR count). The molecule has 7 nitrogen and oxygen atoms in total. The van der Waals surface area contributed by atoms with Crippen molar-refractivity contribution in [3.63, 3.8) is 0 Å². The molecular weight excluding hydrogens is 324 g/mol. The van der Waals surface area contributed by atoms with Gasteiger partial charge in [0.25, 0.3) is 5.91 Å². The highest BCUT2D eigenvalue weighted by atomic mass is 16.5. The van der Waals surface area contributed by atoms with Gasteiger partial charge in [-0.2, -0.15) is 0 Å². The molecule has 2 aromatic rings. The van der Waals surface area contributed by atoms with Crippen molar-refractivity contribution >= 4 is 11.8 Å². The lowest BCUT2D eigenvalue weighted by Gasteiger charge is -2.10. The minimum absolute atomic E-state index is 0.0815. The third-order valence-corrected chi connectivity index (χ3v) is 3.57. The Labute approximate surface area is 146 Å². The van der Waals surface area contributed by atoms with E-state index in [4.69, 9.17) is 13.9 Å². The number of carbonyl (C=O) groups is 2. The summed E-state index contributed by atoms with van der Waals surface area (Å²) in [7, 11) is 3.15. The molecule has 0 atom stereocenters. The molecule has 134 valence electrons. The van der Waals surface area contributed by atoms with Gasteiger partial charge in [0.2, 0.25) is 5.91 Å². The molecule has 0 unspecified atom stereocenters. The van der Waals surface area contributed by atoms with Crippen LogP contribution in [0, 0.1) is 0 Å². The number of hydrogen-bond acceptors (Lipinski definition) is 5. The van der Waals surface area contributed by atoms with Crippen LogP contribution >= 0.6 is 0 Å². The molecule has 0 saturated heterocycles. The molecule has 25 heavy (non-hydrogen) atoms. The van der Waals surface area contributed by atoms with E-state index in [2.05, 4.69) is 10.6 Å². The summed E-state index contributed by atoms with van der Waals surface area (Å²) >= 11 is 0. The molecule has 1 aromatic carbocycles. The van der Waals surface area contributed by atoms with Crippen molar-refractivity contribution in [1.82, 2.24) is 10.6 Å². The van der Waals surface area contributed by atoms with Crippen molar-refractivity contribution in [3.8, 4) is 11.5 Å². The molecule has 2 N–H and O–H groups in total. The maximum Gasteiger partial charge on any atom is 0.287 e. The molecule has 2 amide bonds. The largest absolute Gasteiger partial charge is 0.493 e. The van der Waals surface area contributed by atoms with E-state index in [1.54, 1.807) is 26.4 Å². The first kappa shape index (κ1) is 18.4. The first-order valence-electron chi connectivity index (χ1n) is 7.93. The number of rotatable bonds is 9. The Morgan fingerprint density at radius 1 is 1.04 bits per heavy atom. The number of aryl methyl sites for hydroxylation is 1. The molecule has 0 spiro atoms. The Kier molecular flexibility index (Phi) is 6.88. The number of methoxy groups -OCH3 is 2. The summed E-state index contributed by atoms with van der Waals surface area (Å²) in [6.07, 6.45) is 2.37. The highest BCUT2D eigenvalue weighted by Gasteiger charge is 2.08. The van der Waals surface area contributed by atoms with Crippen LogP contribution in [0.2, 0.25) is 0 Å². The van der Waals surface area contributed by atoms with E-state index in [0.717, 1.165) is 5.56 Å². The van der Waals surface area contributed by atoms with Crippen LogP contribution < -0.4 is 20.1 Å². The van der Waals surface area contributed by atoms with E-state index in [-0.39, 0.29) is 17.6 Å². The normalized spacial score (nSPS) is 10.2. The molecule has 0 aliphatic heterocycles. The second kappa shape index (κ2) is 9.36. The Morgan fingerprint density at radius 2 is 1.80 bits per heavy atom. The van der Waals surface area contributed by atoms with Gasteiger partial charge in [0.1, 0.15) is 0 Å². The van der Waals surface area contributed by atoms with Gasteiger partial charge < -0.3 is 24.5 Å². The Hall–Kier alpha value is -2.96. The van der Waals surface area contributed by atoms with Crippen LogP contribution in [-0.2, 0) is 11.2 Å². The van der Waals surface area contributed by atoms with Crippen molar-refractivity contribution in [2.24, 2.45) is 0 Å². The predicted molar refractivity (Wildman–Crippen MR) is 91.9 cm³/mol. The fourth-order valence-electron chi connectivity index (χ4n) is 2.26. The van der Waals surface area contributed by atoms with Gasteiger partial charge in [0, 0.05) is 19.5 Å². The summed E-state index contributed by atoms with van der Waals surface area (Å²) in [5.74, 6) is 1.16. The summed E-state index contributed by atoms with van der Waals surface area (Å²) in [6.45, 7) is 0.693. The Morgan fingerprint density at radius 3 is 2.48 bits per heavy atom. The second-order valence-electron chi connectivity index (χ2n) is 5.27. The highest BCUT2D eigenvalue weighted by Crippen LogP contribution is 2.27. The van der Waals surface area contributed by atoms with E-state index in [9.17, 15) is 9.59 Å². The topological polar surface area (TPSA) is 89.8 Å². The average molecular weight is 346 g/mol. The van der Waals surface area contributed by atoms with Crippen LogP contribution in [0.15, 0.2) is 41.0 Å². The van der Waals surface area contributed by atoms with Gasteiger partial charge in [0.15, 0.2) is 17.3 Å². The van der Waals surface area contributed by atoms with Gasteiger partial charge in [-0.05, 0) is 36.2 Å². The minimum atomic E-state index is -0.301. The van der Waals surface area contributed by atoms with Crippen LogP contribution in [0.3, 0.4) is 0 Å². The molecule has 7 heteroatoms. The van der Waals surface area contributed by atoms with E-state index in [1.165, 1.54) is 6.26 Å². The predicted octanol–water partition coefficient (Wildman–Crippen LogP) is 1.78. The monoisotopic (exact) mass is 346 g/mol. The third kappa shape index (κ3) is 5.56. The summed E-state index contributed by atoms with van der Waals surface area (Å²) in [6, 6.07) is 8.80. The fourth-order valence-corrected chi connectivity index (χ4v) is 2.26. The average Bonchev–Trinajstić information content (AvgIpc) is 3.17. The smallest absolute Gasteiger partial charge is 0.287 e. The van der Waals surface area contributed by atoms with Gasteiger partial charge in [-0.25, -0.2) is 0 Å². The fraction of sp³-hybridized carbons (Fsp3) is 0.333. The van der Waals surface area contributed by atoms with Crippen LogP contribution in [-0.4, -0.2) is 39.1 Å². The standard InChI is InChI=1S/C18H22N2O5/c1-23-14-7-5-13(12-16(14)24-2)6-8-17(21)19-9-10-20-18(22)15-4-3-11-25-15/h3-5,7,11-12H,6,8-10H2,1-2H3,(H,19,21)(H,20,22). The van der Waals surface area contributed by atoms with Crippen molar-refractivity contribution in [3.05, 3.63) is 47.9 Å². The molecule has 0 radical (unpaired) electrons. The molecule has 0 saturated carbocycles. The number of furan rings is 1. The molecule has 0 bridgehead atoms. The van der Waals surface area contributed by atoms with Crippen LogP contribution in [0.4, 0.5) is 0 Å². The third-order valence-electron chi connectivity index (χ3n) is 3.57. The van der Waals surface area contributed by atoms with Crippen molar-refractivity contribution in [2.75, 3.05) is 27.3 Å². The van der Waals surface area contributed by atoms with Gasteiger partial charge in [-0.3, -0.25) is 9.59 Å². The lowest BCUT2D eigenvalue weighted by Crippen LogP contribution is -2.34.